The SMILES string of the molecule is Cc1ncsc1CCOC(=O)CCCCCC(=O)OCCc1scnc1C. The summed E-state index contributed by atoms with van der Waals surface area (Å²) in [5.74, 6) is -0.362. The minimum absolute atomic E-state index is 0.181. The Bertz CT molecular complexity index is 667. The molecule has 0 fully saturated rings. The van der Waals surface area contributed by atoms with Crippen molar-refractivity contribution in [2.75, 3.05) is 13.2 Å². The second kappa shape index (κ2) is 11.8. The molecule has 0 spiro atoms. The van der Waals surface area contributed by atoms with E-state index in [0.29, 0.717) is 26.1 Å². The van der Waals surface area contributed by atoms with Gasteiger partial charge in [-0.3, -0.25) is 9.59 Å². The maximum Gasteiger partial charge on any atom is 0.305 e. The molecular formula is C19H26N2O4S2. The van der Waals surface area contributed by atoms with Crippen molar-refractivity contribution in [1.29, 1.82) is 0 Å². The fraction of sp³-hybridized carbons (Fsp3) is 0.579. The first kappa shape index (κ1) is 21.5. The molecule has 0 aliphatic rings. The number of carbonyl (C=O) groups excluding carboxylic acids is 2. The molecule has 0 aliphatic carbocycles. The van der Waals surface area contributed by atoms with Crippen molar-refractivity contribution in [2.45, 2.75) is 58.8 Å². The third-order valence-corrected chi connectivity index (χ3v) is 6.13. The monoisotopic (exact) mass is 410 g/mol. The molecule has 0 bridgehead atoms. The number of carbonyl (C=O) groups is 2. The van der Waals surface area contributed by atoms with Gasteiger partial charge >= 0.3 is 11.9 Å². The third-order valence-electron chi connectivity index (χ3n) is 4.14. The fourth-order valence-corrected chi connectivity index (χ4v) is 4.03. The lowest BCUT2D eigenvalue weighted by molar-refractivity contribution is -0.144. The first-order chi connectivity index (χ1) is 13.1. The van der Waals surface area contributed by atoms with Crippen LogP contribution >= 0.6 is 22.7 Å². The highest BCUT2D eigenvalue weighted by Gasteiger charge is 2.08. The maximum atomic E-state index is 11.7. The van der Waals surface area contributed by atoms with Crippen molar-refractivity contribution in [2.24, 2.45) is 0 Å². The molecule has 0 N–H and O–H groups in total. The molecule has 2 aromatic heterocycles. The van der Waals surface area contributed by atoms with Crippen molar-refractivity contribution in [1.82, 2.24) is 9.97 Å². The molecule has 27 heavy (non-hydrogen) atoms. The van der Waals surface area contributed by atoms with Gasteiger partial charge < -0.3 is 9.47 Å². The summed E-state index contributed by atoms with van der Waals surface area (Å²) in [5.41, 5.74) is 5.62. The number of rotatable bonds is 12. The predicted octanol–water partition coefficient (Wildman–Crippen LogP) is 4.04. The molecule has 2 rings (SSSR count). The average molecular weight is 411 g/mol. The van der Waals surface area contributed by atoms with Gasteiger partial charge in [0.05, 0.1) is 35.6 Å². The molecule has 6 nitrogen and oxygen atoms in total. The van der Waals surface area contributed by atoms with E-state index >= 15 is 0 Å². The van der Waals surface area contributed by atoms with E-state index in [-0.39, 0.29) is 11.9 Å². The van der Waals surface area contributed by atoms with E-state index in [1.54, 1.807) is 33.7 Å². The standard InChI is InChI=1S/C19H26N2O4S2/c1-14-16(26-12-20-14)8-10-24-18(22)6-4-3-5-7-19(23)25-11-9-17-15(2)21-13-27-17/h12-13H,3-11H2,1-2H3. The van der Waals surface area contributed by atoms with Crippen LogP contribution in [0.1, 0.15) is 53.2 Å². The van der Waals surface area contributed by atoms with Crippen LogP contribution in [0.25, 0.3) is 0 Å². The Morgan fingerprint density at radius 3 is 1.63 bits per heavy atom. The van der Waals surface area contributed by atoms with Gasteiger partial charge in [-0.25, -0.2) is 9.97 Å². The van der Waals surface area contributed by atoms with Gasteiger partial charge in [-0.05, 0) is 26.7 Å². The zero-order valence-corrected chi connectivity index (χ0v) is 17.5. The Hall–Kier alpha value is -1.80. The number of hydrogen-bond donors (Lipinski definition) is 0. The number of aromatic nitrogens is 2. The van der Waals surface area contributed by atoms with E-state index in [0.717, 1.165) is 53.2 Å². The molecule has 0 atom stereocenters. The molecule has 0 unspecified atom stereocenters. The van der Waals surface area contributed by atoms with Crippen LogP contribution in [-0.2, 0) is 31.9 Å². The molecule has 148 valence electrons. The van der Waals surface area contributed by atoms with Gasteiger partial charge in [-0.2, -0.15) is 0 Å². The van der Waals surface area contributed by atoms with E-state index < -0.39 is 0 Å². The quantitative estimate of drug-likeness (QED) is 0.388. The van der Waals surface area contributed by atoms with Gasteiger partial charge in [0.15, 0.2) is 0 Å². The molecular weight excluding hydrogens is 384 g/mol. The van der Waals surface area contributed by atoms with Crippen molar-refractivity contribution in [3.63, 3.8) is 0 Å². The van der Waals surface area contributed by atoms with E-state index in [9.17, 15) is 9.59 Å². The highest BCUT2D eigenvalue weighted by molar-refractivity contribution is 7.10. The summed E-state index contributed by atoms with van der Waals surface area (Å²) in [4.78, 5) is 34.1. The van der Waals surface area contributed by atoms with E-state index in [4.69, 9.17) is 9.47 Å². The van der Waals surface area contributed by atoms with Crippen molar-refractivity contribution < 1.29 is 19.1 Å². The lowest BCUT2D eigenvalue weighted by Gasteiger charge is -2.05. The smallest absolute Gasteiger partial charge is 0.305 e. The van der Waals surface area contributed by atoms with Crippen molar-refractivity contribution >= 4 is 34.6 Å². The van der Waals surface area contributed by atoms with Crippen LogP contribution in [-0.4, -0.2) is 35.1 Å². The highest BCUT2D eigenvalue weighted by atomic mass is 32.1. The topological polar surface area (TPSA) is 78.4 Å². The molecule has 0 amide bonds. The van der Waals surface area contributed by atoms with Gasteiger partial charge in [0.2, 0.25) is 0 Å². The Kier molecular flexibility index (Phi) is 9.41. The first-order valence-corrected chi connectivity index (χ1v) is 10.9. The van der Waals surface area contributed by atoms with E-state index in [1.807, 2.05) is 13.8 Å². The molecule has 0 aromatic carbocycles. The summed E-state index contributed by atoms with van der Waals surface area (Å²) in [6, 6.07) is 0. The van der Waals surface area contributed by atoms with Crippen LogP contribution in [0.4, 0.5) is 0 Å². The van der Waals surface area contributed by atoms with Gasteiger partial charge in [0, 0.05) is 35.4 Å². The molecule has 2 aromatic rings. The minimum atomic E-state index is -0.181. The number of unbranched alkanes of at least 4 members (excludes halogenated alkanes) is 2. The zero-order valence-electron chi connectivity index (χ0n) is 15.9. The molecule has 2 heterocycles. The fourth-order valence-electron chi connectivity index (χ4n) is 2.51. The van der Waals surface area contributed by atoms with Gasteiger partial charge in [-0.1, -0.05) is 6.42 Å². The van der Waals surface area contributed by atoms with Crippen LogP contribution in [0.5, 0.6) is 0 Å². The second-order valence-electron chi connectivity index (χ2n) is 6.22. The number of esters is 2. The summed E-state index contributed by atoms with van der Waals surface area (Å²) >= 11 is 3.17. The number of thiazole rings is 2. The van der Waals surface area contributed by atoms with Crippen molar-refractivity contribution in [3.8, 4) is 0 Å². The number of ether oxygens (including phenoxy) is 2. The Labute approximate surface area is 168 Å². The normalized spacial score (nSPS) is 10.7. The predicted molar refractivity (Wildman–Crippen MR) is 106 cm³/mol. The largest absolute Gasteiger partial charge is 0.465 e. The summed E-state index contributed by atoms with van der Waals surface area (Å²) in [7, 11) is 0. The Morgan fingerprint density at radius 2 is 1.26 bits per heavy atom. The molecule has 0 radical (unpaired) electrons. The zero-order chi connectivity index (χ0) is 19.5. The van der Waals surface area contributed by atoms with Crippen LogP contribution in [0, 0.1) is 13.8 Å². The van der Waals surface area contributed by atoms with E-state index in [2.05, 4.69) is 9.97 Å². The van der Waals surface area contributed by atoms with Crippen LogP contribution in [0.15, 0.2) is 11.0 Å². The summed E-state index contributed by atoms with van der Waals surface area (Å²) in [6.07, 6.45) is 4.48. The summed E-state index contributed by atoms with van der Waals surface area (Å²) in [5, 5.41) is 0. The Morgan fingerprint density at radius 1 is 0.815 bits per heavy atom. The molecule has 8 heteroatoms. The number of nitrogens with zero attached hydrogens (tertiary/aromatic N) is 2. The van der Waals surface area contributed by atoms with E-state index in [1.165, 1.54) is 0 Å². The van der Waals surface area contributed by atoms with Gasteiger partial charge in [0.25, 0.3) is 0 Å². The minimum Gasteiger partial charge on any atom is -0.465 e. The second-order valence-corrected chi connectivity index (χ2v) is 8.10. The molecule has 0 saturated heterocycles. The number of aryl methyl sites for hydroxylation is 2. The number of hydrogen-bond acceptors (Lipinski definition) is 8. The summed E-state index contributed by atoms with van der Waals surface area (Å²) < 4.78 is 10.5. The van der Waals surface area contributed by atoms with Crippen molar-refractivity contribution in [3.05, 3.63) is 32.2 Å². The first-order valence-electron chi connectivity index (χ1n) is 9.15. The molecule has 0 aliphatic heterocycles. The third kappa shape index (κ3) is 8.17. The van der Waals surface area contributed by atoms with Crippen LogP contribution < -0.4 is 0 Å². The molecule has 0 saturated carbocycles. The van der Waals surface area contributed by atoms with Crippen LogP contribution in [0.2, 0.25) is 0 Å². The maximum absolute atomic E-state index is 11.7. The van der Waals surface area contributed by atoms with Gasteiger partial charge in [0.1, 0.15) is 0 Å². The lowest BCUT2D eigenvalue weighted by atomic mass is 10.1. The lowest BCUT2D eigenvalue weighted by Crippen LogP contribution is -2.08. The average Bonchev–Trinajstić information content (AvgIpc) is 3.23. The summed E-state index contributed by atoms with van der Waals surface area (Å²) in [6.45, 7) is 4.71. The van der Waals surface area contributed by atoms with Gasteiger partial charge in [-0.15, -0.1) is 22.7 Å². The Balaban J connectivity index is 1.44. The highest BCUT2D eigenvalue weighted by Crippen LogP contribution is 2.14. The van der Waals surface area contributed by atoms with Crippen LogP contribution in [0.3, 0.4) is 0 Å².